The number of ether oxygens (including phenoxy) is 1. The molecule has 112 valence electrons. The highest BCUT2D eigenvalue weighted by Crippen LogP contribution is 2.26. The van der Waals surface area contributed by atoms with Crippen LogP contribution in [0.3, 0.4) is 0 Å². The molecule has 0 atom stereocenters. The van der Waals surface area contributed by atoms with Crippen molar-refractivity contribution in [1.29, 1.82) is 0 Å². The third-order valence-electron chi connectivity index (χ3n) is 3.52. The summed E-state index contributed by atoms with van der Waals surface area (Å²) in [5.74, 6) is 1.33. The molecular formula is C19H14N2O2. The van der Waals surface area contributed by atoms with Crippen LogP contribution in [0.1, 0.15) is 5.56 Å². The summed E-state index contributed by atoms with van der Waals surface area (Å²) in [6, 6.07) is 19.5. The SMILES string of the molecule is c1ccc(COc2ccc3oc(-c4cccnc4)nc3c2)cc1. The van der Waals surface area contributed by atoms with E-state index in [2.05, 4.69) is 9.97 Å². The molecule has 4 nitrogen and oxygen atoms in total. The van der Waals surface area contributed by atoms with Crippen molar-refractivity contribution in [3.63, 3.8) is 0 Å². The largest absolute Gasteiger partial charge is 0.489 e. The van der Waals surface area contributed by atoms with Gasteiger partial charge in [0.15, 0.2) is 5.58 Å². The lowest BCUT2D eigenvalue weighted by Gasteiger charge is -2.05. The zero-order valence-corrected chi connectivity index (χ0v) is 12.3. The molecule has 4 heteroatoms. The zero-order valence-electron chi connectivity index (χ0n) is 12.3. The first kappa shape index (κ1) is 13.5. The highest BCUT2D eigenvalue weighted by molar-refractivity contribution is 5.77. The number of benzene rings is 2. The molecule has 0 amide bonds. The summed E-state index contributed by atoms with van der Waals surface area (Å²) < 4.78 is 11.6. The molecule has 0 N–H and O–H groups in total. The molecule has 0 bridgehead atoms. The van der Waals surface area contributed by atoms with Crippen LogP contribution in [0.2, 0.25) is 0 Å². The van der Waals surface area contributed by atoms with E-state index in [1.165, 1.54) is 0 Å². The molecule has 0 aliphatic carbocycles. The summed E-state index contributed by atoms with van der Waals surface area (Å²) in [5, 5.41) is 0. The van der Waals surface area contributed by atoms with Crippen molar-refractivity contribution in [2.24, 2.45) is 0 Å². The normalized spacial score (nSPS) is 10.8. The van der Waals surface area contributed by atoms with Gasteiger partial charge >= 0.3 is 0 Å². The Hall–Kier alpha value is -3.14. The van der Waals surface area contributed by atoms with E-state index in [-0.39, 0.29) is 0 Å². The van der Waals surface area contributed by atoms with Crippen LogP contribution in [0.25, 0.3) is 22.6 Å². The Kier molecular flexibility index (Phi) is 3.48. The van der Waals surface area contributed by atoms with Gasteiger partial charge < -0.3 is 9.15 Å². The standard InChI is InChI=1S/C19H14N2O2/c1-2-5-14(6-3-1)13-22-16-8-9-18-17(11-16)21-19(23-18)15-7-4-10-20-12-15/h1-12H,13H2. The van der Waals surface area contributed by atoms with Gasteiger partial charge in [0, 0.05) is 18.5 Å². The summed E-state index contributed by atoms with van der Waals surface area (Å²) in [6.07, 6.45) is 3.46. The Labute approximate surface area is 133 Å². The third-order valence-corrected chi connectivity index (χ3v) is 3.52. The van der Waals surface area contributed by atoms with Crippen LogP contribution in [0.15, 0.2) is 77.5 Å². The van der Waals surface area contributed by atoms with Crippen LogP contribution in [0, 0.1) is 0 Å². The highest BCUT2D eigenvalue weighted by atomic mass is 16.5. The van der Waals surface area contributed by atoms with Crippen molar-refractivity contribution in [2.75, 3.05) is 0 Å². The fraction of sp³-hybridized carbons (Fsp3) is 0.0526. The van der Waals surface area contributed by atoms with Crippen molar-refractivity contribution < 1.29 is 9.15 Å². The van der Waals surface area contributed by atoms with Gasteiger partial charge in [0.05, 0.1) is 5.56 Å². The second-order valence-electron chi connectivity index (χ2n) is 5.16. The van der Waals surface area contributed by atoms with Gasteiger partial charge in [-0.2, -0.15) is 0 Å². The minimum atomic E-state index is 0.527. The van der Waals surface area contributed by atoms with Crippen LogP contribution in [0.5, 0.6) is 5.75 Å². The Morgan fingerprint density at radius 1 is 0.957 bits per heavy atom. The van der Waals surface area contributed by atoms with Gasteiger partial charge in [-0.25, -0.2) is 4.98 Å². The van der Waals surface area contributed by atoms with E-state index in [4.69, 9.17) is 9.15 Å². The number of hydrogen-bond donors (Lipinski definition) is 0. The van der Waals surface area contributed by atoms with E-state index in [0.717, 1.165) is 28.0 Å². The first-order chi connectivity index (χ1) is 11.4. The fourth-order valence-electron chi connectivity index (χ4n) is 2.35. The second-order valence-corrected chi connectivity index (χ2v) is 5.16. The predicted octanol–water partition coefficient (Wildman–Crippen LogP) is 4.47. The van der Waals surface area contributed by atoms with E-state index >= 15 is 0 Å². The van der Waals surface area contributed by atoms with E-state index < -0.39 is 0 Å². The van der Waals surface area contributed by atoms with Crippen molar-refractivity contribution in [2.45, 2.75) is 6.61 Å². The maximum Gasteiger partial charge on any atom is 0.228 e. The molecule has 23 heavy (non-hydrogen) atoms. The van der Waals surface area contributed by atoms with Crippen LogP contribution in [-0.4, -0.2) is 9.97 Å². The Morgan fingerprint density at radius 2 is 1.87 bits per heavy atom. The maximum atomic E-state index is 5.82. The zero-order chi connectivity index (χ0) is 15.5. The molecule has 2 aromatic heterocycles. The van der Waals surface area contributed by atoms with Crippen molar-refractivity contribution in [3.05, 3.63) is 78.6 Å². The number of hydrogen-bond acceptors (Lipinski definition) is 4. The van der Waals surface area contributed by atoms with Crippen LogP contribution in [-0.2, 0) is 6.61 Å². The molecule has 0 radical (unpaired) electrons. The maximum absolute atomic E-state index is 5.82. The average Bonchev–Trinajstić information content (AvgIpc) is 3.05. The average molecular weight is 302 g/mol. The number of fused-ring (bicyclic) bond motifs is 1. The van der Waals surface area contributed by atoms with Gasteiger partial charge in [0.1, 0.15) is 17.9 Å². The number of rotatable bonds is 4. The molecule has 0 saturated heterocycles. The lowest BCUT2D eigenvalue weighted by molar-refractivity contribution is 0.306. The fourth-order valence-corrected chi connectivity index (χ4v) is 2.35. The van der Waals surface area contributed by atoms with Gasteiger partial charge in [-0.15, -0.1) is 0 Å². The smallest absolute Gasteiger partial charge is 0.228 e. The van der Waals surface area contributed by atoms with E-state index in [1.807, 2.05) is 60.7 Å². The van der Waals surface area contributed by atoms with Gasteiger partial charge in [-0.3, -0.25) is 4.98 Å². The Morgan fingerprint density at radius 3 is 2.70 bits per heavy atom. The molecule has 0 saturated carbocycles. The number of pyridine rings is 1. The monoisotopic (exact) mass is 302 g/mol. The lowest BCUT2D eigenvalue weighted by atomic mass is 10.2. The number of oxazole rings is 1. The number of nitrogens with zero attached hydrogens (tertiary/aromatic N) is 2. The molecule has 0 unspecified atom stereocenters. The first-order valence-corrected chi connectivity index (χ1v) is 7.36. The van der Waals surface area contributed by atoms with Crippen molar-refractivity contribution in [3.8, 4) is 17.2 Å². The molecule has 0 spiro atoms. The summed E-state index contributed by atoms with van der Waals surface area (Å²) in [4.78, 5) is 8.60. The lowest BCUT2D eigenvalue weighted by Crippen LogP contribution is -1.94. The molecule has 0 fully saturated rings. The van der Waals surface area contributed by atoms with Crippen LogP contribution >= 0.6 is 0 Å². The molecule has 4 rings (SSSR count). The summed E-state index contributed by atoms with van der Waals surface area (Å²) in [6.45, 7) is 0.527. The third kappa shape index (κ3) is 2.92. The second kappa shape index (κ2) is 5.93. The Balaban J connectivity index is 1.58. The molecule has 2 aromatic carbocycles. The molecule has 0 aliphatic rings. The van der Waals surface area contributed by atoms with Gasteiger partial charge in [0.2, 0.25) is 5.89 Å². The van der Waals surface area contributed by atoms with Crippen LogP contribution < -0.4 is 4.74 Å². The topological polar surface area (TPSA) is 48.2 Å². The molecule has 0 aliphatic heterocycles. The highest BCUT2D eigenvalue weighted by Gasteiger charge is 2.09. The summed E-state index contributed by atoms with van der Waals surface area (Å²) >= 11 is 0. The predicted molar refractivity (Wildman–Crippen MR) is 88.0 cm³/mol. The van der Waals surface area contributed by atoms with Gasteiger partial charge in [-0.05, 0) is 29.8 Å². The Bertz CT molecular complexity index is 918. The van der Waals surface area contributed by atoms with Crippen molar-refractivity contribution >= 4 is 11.1 Å². The van der Waals surface area contributed by atoms with Gasteiger partial charge in [0.25, 0.3) is 0 Å². The number of aromatic nitrogens is 2. The summed E-state index contributed by atoms with van der Waals surface area (Å²) in [7, 11) is 0. The first-order valence-electron chi connectivity index (χ1n) is 7.36. The summed E-state index contributed by atoms with van der Waals surface area (Å²) in [5.41, 5.74) is 3.49. The minimum absolute atomic E-state index is 0.527. The molecular weight excluding hydrogens is 288 g/mol. The molecule has 2 heterocycles. The molecule has 4 aromatic rings. The van der Waals surface area contributed by atoms with Gasteiger partial charge in [-0.1, -0.05) is 30.3 Å². The van der Waals surface area contributed by atoms with E-state index in [0.29, 0.717) is 12.5 Å². The minimum Gasteiger partial charge on any atom is -0.489 e. The van der Waals surface area contributed by atoms with E-state index in [1.54, 1.807) is 12.4 Å². The van der Waals surface area contributed by atoms with Crippen LogP contribution in [0.4, 0.5) is 0 Å². The quantitative estimate of drug-likeness (QED) is 0.558. The van der Waals surface area contributed by atoms with E-state index in [9.17, 15) is 0 Å². The van der Waals surface area contributed by atoms with Crippen molar-refractivity contribution in [1.82, 2.24) is 9.97 Å².